The Bertz CT molecular complexity index is 1640. The van der Waals surface area contributed by atoms with Crippen LogP contribution in [-0.2, 0) is 33.9 Å². The highest BCUT2D eigenvalue weighted by atomic mass is 16.5. The molecule has 8 nitrogen and oxygen atoms in total. The van der Waals surface area contributed by atoms with E-state index >= 15 is 0 Å². The van der Waals surface area contributed by atoms with Crippen molar-refractivity contribution in [1.82, 2.24) is 15.3 Å². The second kappa shape index (κ2) is 15.1. The molecule has 5 aromatic rings. The standard InChI is InChI=1S/C35H38N4O4/c36-20-11-3-8-18-31(34(40)42-23-25-12-4-1-5-13-25)37-21-19-30-33-28(27-16-9-10-17-29(27)39-33)22-32(38-30)35(41)43-24-26-14-6-2-7-15-26/h1-2,4-7,9-10,12-17,22,31,37,39H,3,8,11,18-21,23-24,36H2/t31-/m0/s1. The number of carbonyl (C=O) groups is 2. The summed E-state index contributed by atoms with van der Waals surface area (Å²) in [6.07, 6.45) is 3.87. The zero-order valence-electron chi connectivity index (χ0n) is 24.3. The Kier molecular flexibility index (Phi) is 10.5. The number of nitrogens with two attached hydrogens (primary N) is 1. The van der Waals surface area contributed by atoms with Crippen molar-refractivity contribution in [3.05, 3.63) is 114 Å². The molecule has 0 aliphatic carbocycles. The van der Waals surface area contributed by atoms with Crippen LogP contribution >= 0.6 is 0 Å². The molecule has 0 aliphatic heterocycles. The van der Waals surface area contributed by atoms with Crippen LogP contribution in [0.4, 0.5) is 0 Å². The first-order valence-corrected chi connectivity index (χ1v) is 14.9. The van der Waals surface area contributed by atoms with Crippen LogP contribution in [0.1, 0.15) is 53.0 Å². The van der Waals surface area contributed by atoms with E-state index in [1.54, 1.807) is 6.07 Å². The molecule has 2 heterocycles. The van der Waals surface area contributed by atoms with Gasteiger partial charge in [0, 0.05) is 29.3 Å². The molecule has 0 saturated carbocycles. The van der Waals surface area contributed by atoms with Crippen LogP contribution in [0.3, 0.4) is 0 Å². The van der Waals surface area contributed by atoms with Gasteiger partial charge in [0.15, 0.2) is 0 Å². The predicted octanol–water partition coefficient (Wildman–Crippen LogP) is 5.84. The van der Waals surface area contributed by atoms with Crippen LogP contribution in [0.15, 0.2) is 91.0 Å². The summed E-state index contributed by atoms with van der Waals surface area (Å²) in [4.78, 5) is 34.4. The Morgan fingerprint density at radius 1 is 0.814 bits per heavy atom. The number of ether oxygens (including phenoxy) is 2. The molecular formula is C35H38N4O4. The number of hydrogen-bond acceptors (Lipinski definition) is 7. The molecule has 8 heteroatoms. The zero-order chi connectivity index (χ0) is 29.9. The fourth-order valence-electron chi connectivity index (χ4n) is 5.16. The maximum Gasteiger partial charge on any atom is 0.357 e. The maximum atomic E-state index is 13.1. The molecule has 0 saturated heterocycles. The van der Waals surface area contributed by atoms with E-state index in [1.165, 1.54) is 0 Å². The van der Waals surface area contributed by atoms with Gasteiger partial charge in [0.1, 0.15) is 24.9 Å². The number of hydrogen-bond donors (Lipinski definition) is 3. The largest absolute Gasteiger partial charge is 0.460 e. The summed E-state index contributed by atoms with van der Waals surface area (Å²) in [6.45, 7) is 1.50. The number of carbonyl (C=O) groups excluding carboxylic acids is 2. The zero-order valence-corrected chi connectivity index (χ0v) is 24.3. The molecule has 43 heavy (non-hydrogen) atoms. The van der Waals surface area contributed by atoms with E-state index in [0.717, 1.165) is 57.9 Å². The molecule has 0 bridgehead atoms. The number of H-pyrrole nitrogens is 1. The lowest BCUT2D eigenvalue weighted by atomic mass is 10.1. The first kappa shape index (κ1) is 29.9. The smallest absolute Gasteiger partial charge is 0.357 e. The third-order valence-corrected chi connectivity index (χ3v) is 7.45. The monoisotopic (exact) mass is 578 g/mol. The van der Waals surface area contributed by atoms with E-state index < -0.39 is 12.0 Å². The first-order chi connectivity index (χ1) is 21.1. The maximum absolute atomic E-state index is 13.1. The fourth-order valence-corrected chi connectivity index (χ4v) is 5.16. The highest BCUT2D eigenvalue weighted by Crippen LogP contribution is 2.28. The van der Waals surface area contributed by atoms with Gasteiger partial charge in [0.05, 0.1) is 11.2 Å². The summed E-state index contributed by atoms with van der Waals surface area (Å²) in [6, 6.07) is 28.5. The second-order valence-corrected chi connectivity index (χ2v) is 10.6. The van der Waals surface area contributed by atoms with E-state index in [1.807, 2.05) is 84.9 Å². The van der Waals surface area contributed by atoms with Crippen molar-refractivity contribution in [2.24, 2.45) is 5.73 Å². The van der Waals surface area contributed by atoms with E-state index in [2.05, 4.69) is 10.3 Å². The second-order valence-electron chi connectivity index (χ2n) is 10.6. The number of nitrogens with zero attached hydrogens (tertiary/aromatic N) is 1. The number of para-hydroxylation sites is 1. The Morgan fingerprint density at radius 2 is 1.49 bits per heavy atom. The lowest BCUT2D eigenvalue weighted by molar-refractivity contribution is -0.147. The summed E-state index contributed by atoms with van der Waals surface area (Å²) >= 11 is 0. The van der Waals surface area contributed by atoms with E-state index in [0.29, 0.717) is 25.9 Å². The van der Waals surface area contributed by atoms with Crippen LogP contribution < -0.4 is 11.1 Å². The molecular weight excluding hydrogens is 540 g/mol. The van der Waals surface area contributed by atoms with Gasteiger partial charge in [-0.25, -0.2) is 9.78 Å². The van der Waals surface area contributed by atoms with Crippen molar-refractivity contribution in [2.75, 3.05) is 13.1 Å². The van der Waals surface area contributed by atoms with Gasteiger partial charge in [-0.2, -0.15) is 0 Å². The van der Waals surface area contributed by atoms with Gasteiger partial charge >= 0.3 is 11.9 Å². The molecule has 0 aliphatic rings. The van der Waals surface area contributed by atoms with E-state index in [-0.39, 0.29) is 24.9 Å². The Labute approximate surface area is 251 Å². The highest BCUT2D eigenvalue weighted by Gasteiger charge is 2.21. The molecule has 3 aromatic carbocycles. The summed E-state index contributed by atoms with van der Waals surface area (Å²) in [5.41, 5.74) is 10.3. The van der Waals surface area contributed by atoms with Gasteiger partial charge in [0.25, 0.3) is 0 Å². The SMILES string of the molecule is NCCCCC[C@H](NCCc1nc(C(=O)OCc2ccccc2)cc2c1[nH]c1ccccc12)C(=O)OCc1ccccc1. The molecule has 2 aromatic heterocycles. The lowest BCUT2D eigenvalue weighted by Gasteiger charge is -2.18. The third-order valence-electron chi connectivity index (χ3n) is 7.45. The van der Waals surface area contributed by atoms with E-state index in [4.69, 9.17) is 20.2 Å². The minimum Gasteiger partial charge on any atom is -0.460 e. The van der Waals surface area contributed by atoms with Crippen molar-refractivity contribution in [2.45, 2.75) is 51.4 Å². The number of rotatable bonds is 15. The number of aromatic amines is 1. The number of fused-ring (bicyclic) bond motifs is 3. The minimum atomic E-state index is -0.479. The number of esters is 2. The van der Waals surface area contributed by atoms with Gasteiger partial charge in [-0.3, -0.25) is 4.79 Å². The van der Waals surface area contributed by atoms with Crippen LogP contribution in [0.25, 0.3) is 21.8 Å². The summed E-state index contributed by atoms with van der Waals surface area (Å²) < 4.78 is 11.3. The Hall–Kier alpha value is -4.53. The molecule has 4 N–H and O–H groups in total. The summed E-state index contributed by atoms with van der Waals surface area (Å²) in [5.74, 6) is -0.758. The van der Waals surface area contributed by atoms with Crippen molar-refractivity contribution in [3.8, 4) is 0 Å². The number of aromatic nitrogens is 2. The number of nitrogens with one attached hydrogen (secondary N) is 2. The van der Waals surface area contributed by atoms with Crippen LogP contribution in [0, 0.1) is 0 Å². The fraction of sp³-hybridized carbons (Fsp3) is 0.286. The van der Waals surface area contributed by atoms with Crippen LogP contribution in [0.5, 0.6) is 0 Å². The van der Waals surface area contributed by atoms with Gasteiger partial charge in [-0.1, -0.05) is 91.7 Å². The normalized spacial score (nSPS) is 11.9. The van der Waals surface area contributed by atoms with Gasteiger partial charge < -0.3 is 25.5 Å². The Morgan fingerprint density at radius 3 is 2.21 bits per heavy atom. The topological polar surface area (TPSA) is 119 Å². The average molecular weight is 579 g/mol. The molecule has 0 radical (unpaired) electrons. The quantitative estimate of drug-likeness (QED) is 0.106. The van der Waals surface area contributed by atoms with Crippen LogP contribution in [-0.4, -0.2) is 41.0 Å². The molecule has 0 fully saturated rings. The molecule has 0 unspecified atom stereocenters. The molecule has 0 amide bonds. The molecule has 1 atom stereocenters. The summed E-state index contributed by atoms with van der Waals surface area (Å²) in [7, 11) is 0. The lowest BCUT2D eigenvalue weighted by Crippen LogP contribution is -2.39. The number of pyridine rings is 1. The summed E-state index contributed by atoms with van der Waals surface area (Å²) in [5, 5.41) is 5.32. The van der Waals surface area contributed by atoms with Crippen LogP contribution in [0.2, 0.25) is 0 Å². The van der Waals surface area contributed by atoms with Gasteiger partial charge in [0.2, 0.25) is 0 Å². The number of benzene rings is 3. The first-order valence-electron chi connectivity index (χ1n) is 14.9. The molecule has 0 spiro atoms. The average Bonchev–Trinajstić information content (AvgIpc) is 3.43. The predicted molar refractivity (Wildman–Crippen MR) is 168 cm³/mol. The number of unbranched alkanes of at least 4 members (excludes halogenated alkanes) is 2. The minimum absolute atomic E-state index is 0.168. The van der Waals surface area contributed by atoms with Gasteiger partial charge in [-0.05, 0) is 42.6 Å². The third kappa shape index (κ3) is 8.06. The van der Waals surface area contributed by atoms with E-state index in [9.17, 15) is 9.59 Å². The van der Waals surface area contributed by atoms with Gasteiger partial charge in [-0.15, -0.1) is 0 Å². The van der Waals surface area contributed by atoms with Crippen molar-refractivity contribution < 1.29 is 19.1 Å². The molecule has 222 valence electrons. The van der Waals surface area contributed by atoms with Crippen molar-refractivity contribution >= 4 is 33.7 Å². The molecule has 5 rings (SSSR count). The highest BCUT2D eigenvalue weighted by molar-refractivity contribution is 6.09. The Balaban J connectivity index is 1.31. The van der Waals surface area contributed by atoms with Crippen molar-refractivity contribution in [3.63, 3.8) is 0 Å². The van der Waals surface area contributed by atoms with Crippen molar-refractivity contribution in [1.29, 1.82) is 0 Å².